The number of esters is 1. The first kappa shape index (κ1) is 20.5. The summed E-state index contributed by atoms with van der Waals surface area (Å²) in [6.45, 7) is 16.3. The zero-order valence-electron chi connectivity index (χ0n) is 13.8. The fourth-order valence-corrected chi connectivity index (χ4v) is 2.14. The van der Waals surface area contributed by atoms with E-state index in [1.54, 1.807) is 0 Å². The molecule has 0 saturated heterocycles. The maximum Gasteiger partial charge on any atom is 0.329 e. The van der Waals surface area contributed by atoms with E-state index in [0.29, 0.717) is 0 Å². The number of carbonyl (C=O) groups excluding carboxylic acids is 1. The molecule has 114 valence electrons. The van der Waals surface area contributed by atoms with Gasteiger partial charge in [0.15, 0.2) is 0 Å². The van der Waals surface area contributed by atoms with Crippen molar-refractivity contribution in [1.29, 1.82) is 0 Å². The molecule has 0 heterocycles. The summed E-state index contributed by atoms with van der Waals surface area (Å²) in [4.78, 5) is 9.84. The van der Waals surface area contributed by atoms with Gasteiger partial charge in [-0.25, -0.2) is 4.79 Å². The van der Waals surface area contributed by atoms with Gasteiger partial charge in [-0.3, -0.25) is 0 Å². The summed E-state index contributed by atoms with van der Waals surface area (Å²) >= 11 is 0. The average molecular weight is 272 g/mol. The van der Waals surface area contributed by atoms with Gasteiger partial charge in [0.2, 0.25) is 0 Å². The van der Waals surface area contributed by atoms with E-state index in [1.807, 2.05) is 0 Å². The summed E-state index contributed by atoms with van der Waals surface area (Å²) in [7, 11) is 1.31. The van der Waals surface area contributed by atoms with Crippen LogP contribution in [0.25, 0.3) is 0 Å². The van der Waals surface area contributed by atoms with Gasteiger partial charge in [0.1, 0.15) is 0 Å². The standard InChI is InChI=1S/C12H26O.C4H6O2/c1-7-9-11(3,4)13-12(5,6)10-8-2;1-3-4(5)6-2/h7-10H2,1-6H3;3H,1H2,2H3. The number of ether oxygens (including phenoxy) is 2. The number of hydrogen-bond acceptors (Lipinski definition) is 3. The average Bonchev–Trinajstić information content (AvgIpc) is 2.26. The molecular formula is C16H32O3. The van der Waals surface area contributed by atoms with Crippen molar-refractivity contribution >= 4 is 5.97 Å². The van der Waals surface area contributed by atoms with Crippen molar-refractivity contribution in [2.75, 3.05) is 7.11 Å². The molecule has 0 aliphatic carbocycles. The van der Waals surface area contributed by atoms with Gasteiger partial charge in [-0.2, -0.15) is 0 Å². The molecule has 0 N–H and O–H groups in total. The minimum absolute atomic E-state index is 0.0351. The van der Waals surface area contributed by atoms with Crippen LogP contribution in [0.15, 0.2) is 12.7 Å². The number of rotatable bonds is 7. The van der Waals surface area contributed by atoms with E-state index >= 15 is 0 Å². The molecule has 0 aromatic rings. The lowest BCUT2D eigenvalue weighted by Gasteiger charge is -2.36. The summed E-state index contributed by atoms with van der Waals surface area (Å²) in [5.74, 6) is -0.394. The first-order valence-electron chi connectivity index (χ1n) is 7.04. The smallest absolute Gasteiger partial charge is 0.329 e. The maximum atomic E-state index is 9.84. The quantitative estimate of drug-likeness (QED) is 0.505. The van der Waals surface area contributed by atoms with Crippen molar-refractivity contribution in [2.24, 2.45) is 0 Å². The van der Waals surface area contributed by atoms with Gasteiger partial charge in [-0.1, -0.05) is 33.3 Å². The van der Waals surface area contributed by atoms with Crippen LogP contribution in [0.4, 0.5) is 0 Å². The Balaban J connectivity index is 0. The minimum atomic E-state index is -0.394. The minimum Gasteiger partial charge on any atom is -0.466 e. The molecule has 0 spiro atoms. The molecule has 0 fully saturated rings. The lowest BCUT2D eigenvalue weighted by atomic mass is 9.98. The Morgan fingerprint density at radius 2 is 1.42 bits per heavy atom. The van der Waals surface area contributed by atoms with Crippen LogP contribution >= 0.6 is 0 Å². The van der Waals surface area contributed by atoms with Gasteiger partial charge in [0.25, 0.3) is 0 Å². The van der Waals surface area contributed by atoms with E-state index in [4.69, 9.17) is 4.74 Å². The van der Waals surface area contributed by atoms with E-state index < -0.39 is 5.97 Å². The van der Waals surface area contributed by atoms with E-state index in [-0.39, 0.29) is 11.2 Å². The molecule has 0 saturated carbocycles. The predicted molar refractivity (Wildman–Crippen MR) is 81.3 cm³/mol. The van der Waals surface area contributed by atoms with Crippen LogP contribution in [-0.2, 0) is 14.3 Å². The number of hydrogen-bond donors (Lipinski definition) is 0. The van der Waals surface area contributed by atoms with Crippen LogP contribution < -0.4 is 0 Å². The van der Waals surface area contributed by atoms with E-state index in [9.17, 15) is 4.79 Å². The SMILES string of the molecule is C=CC(=O)OC.CCCC(C)(C)OC(C)(C)CCC. The Morgan fingerprint density at radius 3 is 1.58 bits per heavy atom. The lowest BCUT2D eigenvalue weighted by Crippen LogP contribution is -2.36. The zero-order chi connectivity index (χ0) is 15.5. The van der Waals surface area contributed by atoms with Crippen LogP contribution in [0.5, 0.6) is 0 Å². The Morgan fingerprint density at radius 1 is 1.05 bits per heavy atom. The second-order valence-electron chi connectivity index (χ2n) is 5.85. The molecule has 19 heavy (non-hydrogen) atoms. The normalized spacial score (nSPS) is 11.3. The highest BCUT2D eigenvalue weighted by atomic mass is 16.5. The Kier molecular flexibility index (Phi) is 10.8. The third kappa shape index (κ3) is 13.4. The summed E-state index contributed by atoms with van der Waals surface area (Å²) in [6, 6.07) is 0. The van der Waals surface area contributed by atoms with Crippen LogP contribution in [-0.4, -0.2) is 24.3 Å². The molecule has 0 unspecified atom stereocenters. The number of carbonyl (C=O) groups is 1. The topological polar surface area (TPSA) is 35.5 Å². The van der Waals surface area contributed by atoms with Crippen molar-refractivity contribution in [3.63, 3.8) is 0 Å². The second-order valence-corrected chi connectivity index (χ2v) is 5.85. The fraction of sp³-hybridized carbons (Fsp3) is 0.812. The Hall–Kier alpha value is -0.830. The van der Waals surface area contributed by atoms with Crippen LogP contribution in [0.3, 0.4) is 0 Å². The van der Waals surface area contributed by atoms with Gasteiger partial charge in [0.05, 0.1) is 18.3 Å². The van der Waals surface area contributed by atoms with Crippen LogP contribution in [0.2, 0.25) is 0 Å². The summed E-state index contributed by atoms with van der Waals surface area (Å²) in [6.07, 6.45) is 5.77. The predicted octanol–water partition coefficient (Wildman–Crippen LogP) is 4.51. The van der Waals surface area contributed by atoms with Gasteiger partial charge in [-0.05, 0) is 40.5 Å². The summed E-state index contributed by atoms with van der Waals surface area (Å²) in [5.41, 5.74) is 0.0703. The summed E-state index contributed by atoms with van der Waals surface area (Å²) in [5, 5.41) is 0. The largest absolute Gasteiger partial charge is 0.466 e. The molecule has 3 nitrogen and oxygen atoms in total. The van der Waals surface area contributed by atoms with Gasteiger partial charge in [0, 0.05) is 6.08 Å². The first-order valence-corrected chi connectivity index (χ1v) is 7.04. The maximum absolute atomic E-state index is 9.84. The van der Waals surface area contributed by atoms with Crippen molar-refractivity contribution in [3.8, 4) is 0 Å². The Labute approximate surface area is 119 Å². The van der Waals surface area contributed by atoms with Crippen molar-refractivity contribution in [3.05, 3.63) is 12.7 Å². The molecular weight excluding hydrogens is 240 g/mol. The molecule has 0 rings (SSSR count). The van der Waals surface area contributed by atoms with E-state index in [0.717, 1.165) is 18.9 Å². The molecule has 0 bridgehead atoms. The molecule has 3 heteroatoms. The highest BCUT2D eigenvalue weighted by molar-refractivity contribution is 5.80. The molecule has 0 radical (unpaired) electrons. The highest BCUT2D eigenvalue weighted by Crippen LogP contribution is 2.27. The van der Waals surface area contributed by atoms with Crippen molar-refractivity contribution < 1.29 is 14.3 Å². The molecule has 0 aromatic carbocycles. The summed E-state index contributed by atoms with van der Waals surface area (Å²) < 4.78 is 10.2. The van der Waals surface area contributed by atoms with Crippen molar-refractivity contribution in [2.45, 2.75) is 78.4 Å². The van der Waals surface area contributed by atoms with Crippen LogP contribution in [0, 0.1) is 0 Å². The highest BCUT2D eigenvalue weighted by Gasteiger charge is 2.27. The Bertz CT molecular complexity index is 239. The fourth-order valence-electron chi connectivity index (χ4n) is 2.14. The van der Waals surface area contributed by atoms with E-state index in [2.05, 4.69) is 52.9 Å². The lowest BCUT2D eigenvalue weighted by molar-refractivity contribution is -0.134. The monoisotopic (exact) mass is 272 g/mol. The van der Waals surface area contributed by atoms with E-state index in [1.165, 1.54) is 20.0 Å². The molecule has 0 atom stereocenters. The molecule has 0 aliphatic rings. The van der Waals surface area contributed by atoms with Gasteiger partial charge >= 0.3 is 5.97 Å². The van der Waals surface area contributed by atoms with Gasteiger partial charge < -0.3 is 9.47 Å². The first-order chi connectivity index (χ1) is 8.64. The zero-order valence-corrected chi connectivity index (χ0v) is 13.8. The third-order valence-corrected chi connectivity index (χ3v) is 2.62. The van der Waals surface area contributed by atoms with Crippen molar-refractivity contribution in [1.82, 2.24) is 0 Å². The third-order valence-electron chi connectivity index (χ3n) is 2.62. The molecule has 0 aliphatic heterocycles. The molecule has 0 amide bonds. The van der Waals surface area contributed by atoms with Gasteiger partial charge in [-0.15, -0.1) is 0 Å². The van der Waals surface area contributed by atoms with Crippen LogP contribution in [0.1, 0.15) is 67.2 Å². The molecule has 0 aromatic heterocycles. The second kappa shape index (κ2) is 10.0. The number of methoxy groups -OCH3 is 1.